The van der Waals surface area contributed by atoms with Crippen LogP contribution in [0.15, 0.2) is 30.3 Å². The maximum absolute atomic E-state index is 10.8. The van der Waals surface area contributed by atoms with E-state index in [0.717, 1.165) is 9.87 Å². The second kappa shape index (κ2) is 4.54. The van der Waals surface area contributed by atoms with Gasteiger partial charge in [0.15, 0.2) is 0 Å². The van der Waals surface area contributed by atoms with Crippen molar-refractivity contribution in [3.8, 4) is 0 Å². The summed E-state index contributed by atoms with van der Waals surface area (Å²) in [6.07, 6.45) is 0. The van der Waals surface area contributed by atoms with Crippen molar-refractivity contribution in [2.75, 3.05) is 6.54 Å². The lowest BCUT2D eigenvalue weighted by atomic mass is 10.2. The Morgan fingerprint density at radius 1 is 1.29 bits per heavy atom. The summed E-state index contributed by atoms with van der Waals surface area (Å²) in [6.45, 7) is 2.14. The number of benzene rings is 1. The van der Waals surface area contributed by atoms with Gasteiger partial charge in [0.05, 0.1) is 0 Å². The Morgan fingerprint density at radius 2 is 1.86 bits per heavy atom. The third-order valence-electron chi connectivity index (χ3n) is 1.88. The third-order valence-corrected chi connectivity index (χ3v) is 2.92. The molecule has 0 bridgehead atoms. The smallest absolute Gasteiger partial charge is 0.273 e. The van der Waals surface area contributed by atoms with Gasteiger partial charge in [0.1, 0.15) is 0 Å². The lowest BCUT2D eigenvalue weighted by Gasteiger charge is -2.15. The fraction of sp³-hybridized carbons (Fsp3) is 0.333. The molecule has 0 saturated carbocycles. The van der Waals surface area contributed by atoms with Gasteiger partial charge >= 0.3 is 10.3 Å². The highest BCUT2D eigenvalue weighted by molar-refractivity contribution is 7.83. The van der Waals surface area contributed by atoms with Crippen molar-refractivity contribution in [1.29, 1.82) is 0 Å². The highest BCUT2D eigenvalue weighted by atomic mass is 32.2. The highest BCUT2D eigenvalue weighted by Crippen LogP contribution is 2.06. The lowest BCUT2D eigenvalue weighted by Crippen LogP contribution is -2.29. The van der Waals surface area contributed by atoms with E-state index in [4.69, 9.17) is 4.55 Å². The van der Waals surface area contributed by atoms with Crippen molar-refractivity contribution in [1.82, 2.24) is 4.31 Å². The van der Waals surface area contributed by atoms with Crippen molar-refractivity contribution >= 4 is 10.3 Å². The molecule has 0 amide bonds. The van der Waals surface area contributed by atoms with Gasteiger partial charge in [-0.25, -0.2) is 0 Å². The Balaban J connectivity index is 2.77. The summed E-state index contributed by atoms with van der Waals surface area (Å²) >= 11 is 0. The molecule has 1 aromatic rings. The topological polar surface area (TPSA) is 57.6 Å². The summed E-state index contributed by atoms with van der Waals surface area (Å²) in [5.41, 5.74) is 0.854. The predicted molar refractivity (Wildman–Crippen MR) is 54.1 cm³/mol. The minimum Gasteiger partial charge on any atom is -0.273 e. The van der Waals surface area contributed by atoms with Gasteiger partial charge in [-0.05, 0) is 5.56 Å². The van der Waals surface area contributed by atoms with Crippen LogP contribution < -0.4 is 0 Å². The molecule has 0 heterocycles. The summed E-state index contributed by atoms with van der Waals surface area (Å²) in [5, 5.41) is 0. The molecule has 0 aromatic heterocycles. The minimum atomic E-state index is -4.08. The van der Waals surface area contributed by atoms with Crippen LogP contribution >= 0.6 is 0 Å². The van der Waals surface area contributed by atoms with E-state index in [9.17, 15) is 8.42 Å². The van der Waals surface area contributed by atoms with E-state index < -0.39 is 10.3 Å². The van der Waals surface area contributed by atoms with Gasteiger partial charge in [-0.1, -0.05) is 37.3 Å². The van der Waals surface area contributed by atoms with Crippen LogP contribution in [0.1, 0.15) is 12.5 Å². The Bertz CT molecular complexity index is 374. The molecule has 0 aliphatic carbocycles. The molecule has 0 saturated heterocycles. The summed E-state index contributed by atoms with van der Waals surface area (Å²) in [5.74, 6) is 0. The molecule has 4 nitrogen and oxygen atoms in total. The van der Waals surface area contributed by atoms with Gasteiger partial charge in [0, 0.05) is 13.1 Å². The van der Waals surface area contributed by atoms with Crippen molar-refractivity contribution in [2.45, 2.75) is 13.5 Å². The normalized spacial score (nSPS) is 11.9. The van der Waals surface area contributed by atoms with E-state index in [1.54, 1.807) is 6.92 Å². The first-order chi connectivity index (χ1) is 6.54. The second-order valence-corrected chi connectivity index (χ2v) is 4.30. The fourth-order valence-corrected chi connectivity index (χ4v) is 1.78. The molecule has 1 rings (SSSR count). The monoisotopic (exact) mass is 215 g/mol. The number of hydrogen-bond acceptors (Lipinski definition) is 2. The zero-order valence-corrected chi connectivity index (χ0v) is 8.74. The van der Waals surface area contributed by atoms with E-state index in [1.165, 1.54) is 0 Å². The highest BCUT2D eigenvalue weighted by Gasteiger charge is 2.16. The average molecular weight is 215 g/mol. The van der Waals surface area contributed by atoms with Crippen molar-refractivity contribution in [3.63, 3.8) is 0 Å². The average Bonchev–Trinajstić information content (AvgIpc) is 2.14. The first-order valence-corrected chi connectivity index (χ1v) is 5.70. The standard InChI is InChI=1S/C9H13NO3S/c1-2-10(14(11,12)13)8-9-6-4-3-5-7-9/h3-7H,2,8H2,1H3,(H,11,12,13). The molecule has 0 aliphatic rings. The molecule has 0 atom stereocenters. The van der Waals surface area contributed by atoms with Crippen LogP contribution in [0.2, 0.25) is 0 Å². The third kappa shape index (κ3) is 3.10. The van der Waals surface area contributed by atoms with Crippen LogP contribution in [0.25, 0.3) is 0 Å². The fourth-order valence-electron chi connectivity index (χ4n) is 1.14. The van der Waals surface area contributed by atoms with Gasteiger partial charge in [-0.3, -0.25) is 4.55 Å². The SMILES string of the molecule is CCN(Cc1ccccc1)S(=O)(=O)O. The molecule has 0 unspecified atom stereocenters. The Morgan fingerprint density at radius 3 is 2.29 bits per heavy atom. The number of hydrogen-bond donors (Lipinski definition) is 1. The van der Waals surface area contributed by atoms with Gasteiger partial charge in [-0.15, -0.1) is 0 Å². The zero-order chi connectivity index (χ0) is 10.6. The van der Waals surface area contributed by atoms with Gasteiger partial charge in [0.25, 0.3) is 0 Å². The van der Waals surface area contributed by atoms with Gasteiger partial charge < -0.3 is 0 Å². The molecule has 78 valence electrons. The molecule has 1 aromatic carbocycles. The van der Waals surface area contributed by atoms with Crippen LogP contribution in [0.5, 0.6) is 0 Å². The van der Waals surface area contributed by atoms with Gasteiger partial charge in [-0.2, -0.15) is 12.7 Å². The first-order valence-electron chi connectivity index (χ1n) is 4.30. The number of rotatable bonds is 4. The Hall–Kier alpha value is -0.910. The summed E-state index contributed by atoms with van der Waals surface area (Å²) in [6, 6.07) is 9.13. The van der Waals surface area contributed by atoms with Crippen LogP contribution in [-0.2, 0) is 16.8 Å². The maximum atomic E-state index is 10.8. The molecular formula is C9H13NO3S. The van der Waals surface area contributed by atoms with Crippen molar-refractivity contribution < 1.29 is 13.0 Å². The Kier molecular flexibility index (Phi) is 3.62. The van der Waals surface area contributed by atoms with E-state index >= 15 is 0 Å². The summed E-state index contributed by atoms with van der Waals surface area (Å²) < 4.78 is 31.5. The minimum absolute atomic E-state index is 0.205. The largest absolute Gasteiger partial charge is 0.336 e. The molecule has 1 N–H and O–H groups in total. The lowest BCUT2D eigenvalue weighted by molar-refractivity contribution is 0.356. The predicted octanol–water partition coefficient (Wildman–Crippen LogP) is 1.31. The molecule has 0 spiro atoms. The zero-order valence-electron chi connectivity index (χ0n) is 7.92. The van der Waals surface area contributed by atoms with Crippen LogP contribution in [-0.4, -0.2) is 23.8 Å². The molecule has 14 heavy (non-hydrogen) atoms. The molecular weight excluding hydrogens is 202 g/mol. The van der Waals surface area contributed by atoms with E-state index in [-0.39, 0.29) is 13.1 Å². The Labute approximate surface area is 84.1 Å². The first kappa shape index (κ1) is 11.2. The quantitative estimate of drug-likeness (QED) is 0.770. The maximum Gasteiger partial charge on any atom is 0.336 e. The molecule has 0 fully saturated rings. The molecule has 0 aliphatic heterocycles. The van der Waals surface area contributed by atoms with Crippen LogP contribution in [0.4, 0.5) is 0 Å². The molecule has 5 heteroatoms. The van der Waals surface area contributed by atoms with Crippen molar-refractivity contribution in [2.24, 2.45) is 0 Å². The second-order valence-electron chi connectivity index (χ2n) is 2.89. The van der Waals surface area contributed by atoms with E-state index in [1.807, 2.05) is 30.3 Å². The van der Waals surface area contributed by atoms with Crippen LogP contribution in [0, 0.1) is 0 Å². The van der Waals surface area contributed by atoms with Crippen LogP contribution in [0.3, 0.4) is 0 Å². The summed E-state index contributed by atoms with van der Waals surface area (Å²) in [7, 11) is -4.08. The number of nitrogens with zero attached hydrogens (tertiary/aromatic N) is 1. The van der Waals surface area contributed by atoms with Crippen molar-refractivity contribution in [3.05, 3.63) is 35.9 Å². The van der Waals surface area contributed by atoms with E-state index in [0.29, 0.717) is 0 Å². The molecule has 0 radical (unpaired) electrons. The van der Waals surface area contributed by atoms with Gasteiger partial charge in [0.2, 0.25) is 0 Å². The van der Waals surface area contributed by atoms with E-state index in [2.05, 4.69) is 0 Å². The summed E-state index contributed by atoms with van der Waals surface area (Å²) in [4.78, 5) is 0.